The molecular weight excluding hydrogens is 262 g/mol. The molecule has 19 heavy (non-hydrogen) atoms. The Bertz CT molecular complexity index is 700. The van der Waals surface area contributed by atoms with E-state index in [-0.39, 0.29) is 0 Å². The van der Waals surface area contributed by atoms with E-state index in [9.17, 15) is 0 Å². The molecule has 0 amide bonds. The Morgan fingerprint density at radius 3 is 2.95 bits per heavy atom. The summed E-state index contributed by atoms with van der Waals surface area (Å²) in [5.74, 6) is 1.23. The first-order valence-electron chi connectivity index (χ1n) is 6.13. The molecule has 6 heteroatoms. The monoisotopic (exact) mass is 275 g/mol. The molecule has 0 aromatic carbocycles. The standard InChI is InChI=1S/C13H14ClN5/c1-10-8-16-18(9-10)5-6-19-12(7-14)17-11-3-2-4-15-13(11)19/h2-4,8-9H,5-7H2,1H3. The van der Waals surface area contributed by atoms with Gasteiger partial charge >= 0.3 is 0 Å². The van der Waals surface area contributed by atoms with Gasteiger partial charge in [-0.1, -0.05) is 0 Å². The van der Waals surface area contributed by atoms with Crippen LogP contribution in [0.2, 0.25) is 0 Å². The average molecular weight is 276 g/mol. The van der Waals surface area contributed by atoms with Gasteiger partial charge in [0.1, 0.15) is 11.3 Å². The number of nitrogens with zero attached hydrogens (tertiary/aromatic N) is 5. The van der Waals surface area contributed by atoms with Crippen LogP contribution in [0.5, 0.6) is 0 Å². The number of hydrogen-bond donors (Lipinski definition) is 0. The molecular formula is C13H14ClN5. The van der Waals surface area contributed by atoms with Crippen molar-refractivity contribution in [1.82, 2.24) is 24.3 Å². The zero-order valence-corrected chi connectivity index (χ0v) is 11.4. The summed E-state index contributed by atoms with van der Waals surface area (Å²) >= 11 is 5.96. The molecule has 0 aliphatic rings. The Balaban J connectivity index is 1.90. The Kier molecular flexibility index (Phi) is 3.21. The summed E-state index contributed by atoms with van der Waals surface area (Å²) in [4.78, 5) is 8.87. The van der Waals surface area contributed by atoms with Crippen LogP contribution in [0, 0.1) is 6.92 Å². The van der Waals surface area contributed by atoms with Crippen LogP contribution in [0.15, 0.2) is 30.7 Å². The molecule has 0 N–H and O–H groups in total. The number of rotatable bonds is 4. The average Bonchev–Trinajstić information content (AvgIpc) is 2.99. The number of hydrogen-bond acceptors (Lipinski definition) is 3. The summed E-state index contributed by atoms with van der Waals surface area (Å²) < 4.78 is 3.97. The molecule has 0 fully saturated rings. The molecule has 0 saturated heterocycles. The zero-order chi connectivity index (χ0) is 13.2. The fourth-order valence-electron chi connectivity index (χ4n) is 2.13. The van der Waals surface area contributed by atoms with E-state index in [0.717, 1.165) is 35.6 Å². The number of aromatic nitrogens is 5. The van der Waals surface area contributed by atoms with Crippen LogP contribution < -0.4 is 0 Å². The Hall–Kier alpha value is -1.88. The summed E-state index contributed by atoms with van der Waals surface area (Å²) in [6, 6.07) is 3.83. The maximum Gasteiger partial charge on any atom is 0.160 e. The molecule has 0 aliphatic heterocycles. The predicted molar refractivity (Wildman–Crippen MR) is 74.0 cm³/mol. The smallest absolute Gasteiger partial charge is 0.160 e. The topological polar surface area (TPSA) is 48.5 Å². The van der Waals surface area contributed by atoms with Crippen molar-refractivity contribution in [3.63, 3.8) is 0 Å². The van der Waals surface area contributed by atoms with Gasteiger partial charge in [0.25, 0.3) is 0 Å². The quantitative estimate of drug-likeness (QED) is 0.687. The second kappa shape index (κ2) is 5.01. The van der Waals surface area contributed by atoms with Crippen molar-refractivity contribution in [2.45, 2.75) is 25.9 Å². The van der Waals surface area contributed by atoms with Gasteiger partial charge in [0, 0.05) is 18.9 Å². The van der Waals surface area contributed by atoms with Gasteiger partial charge in [0.15, 0.2) is 5.65 Å². The lowest BCUT2D eigenvalue weighted by molar-refractivity contribution is 0.531. The second-order valence-electron chi connectivity index (χ2n) is 4.44. The normalized spacial score (nSPS) is 11.3. The Labute approximate surface area is 115 Å². The predicted octanol–water partition coefficient (Wildman–Crippen LogP) is 2.38. The maximum absolute atomic E-state index is 5.96. The minimum atomic E-state index is 0.383. The summed E-state index contributed by atoms with van der Waals surface area (Å²) in [5.41, 5.74) is 2.92. The van der Waals surface area contributed by atoms with Crippen LogP contribution >= 0.6 is 11.6 Å². The molecule has 0 unspecified atom stereocenters. The number of alkyl halides is 1. The van der Waals surface area contributed by atoms with E-state index >= 15 is 0 Å². The van der Waals surface area contributed by atoms with Crippen molar-refractivity contribution in [2.24, 2.45) is 0 Å². The third-order valence-corrected chi connectivity index (χ3v) is 3.26. The van der Waals surface area contributed by atoms with Gasteiger partial charge in [-0.3, -0.25) is 4.68 Å². The minimum Gasteiger partial charge on any atom is -0.310 e. The summed E-state index contributed by atoms with van der Waals surface area (Å²) in [7, 11) is 0. The molecule has 0 saturated carbocycles. The highest BCUT2D eigenvalue weighted by atomic mass is 35.5. The summed E-state index contributed by atoms with van der Waals surface area (Å²) in [6.07, 6.45) is 5.65. The molecule has 0 atom stereocenters. The van der Waals surface area contributed by atoms with Crippen molar-refractivity contribution in [3.05, 3.63) is 42.1 Å². The summed E-state index contributed by atoms with van der Waals surface area (Å²) in [6.45, 7) is 3.57. The largest absolute Gasteiger partial charge is 0.310 e. The molecule has 3 heterocycles. The van der Waals surface area contributed by atoms with Gasteiger partial charge in [0.05, 0.1) is 18.6 Å². The van der Waals surface area contributed by atoms with Crippen molar-refractivity contribution >= 4 is 22.8 Å². The van der Waals surface area contributed by atoms with Gasteiger partial charge < -0.3 is 4.57 Å². The number of fused-ring (bicyclic) bond motifs is 1. The molecule has 3 rings (SSSR count). The molecule has 98 valence electrons. The molecule has 0 aliphatic carbocycles. The van der Waals surface area contributed by atoms with Crippen LogP contribution in [0.1, 0.15) is 11.4 Å². The van der Waals surface area contributed by atoms with Crippen molar-refractivity contribution in [1.29, 1.82) is 0 Å². The number of aryl methyl sites for hydroxylation is 3. The van der Waals surface area contributed by atoms with E-state index in [1.54, 1.807) is 6.20 Å². The van der Waals surface area contributed by atoms with Gasteiger partial charge in [-0.15, -0.1) is 11.6 Å². The van der Waals surface area contributed by atoms with E-state index in [1.807, 2.05) is 36.1 Å². The molecule has 3 aromatic rings. The lowest BCUT2D eigenvalue weighted by atomic mass is 10.4. The van der Waals surface area contributed by atoms with Crippen molar-refractivity contribution in [2.75, 3.05) is 0 Å². The maximum atomic E-state index is 5.96. The van der Waals surface area contributed by atoms with Crippen LogP contribution in [0.4, 0.5) is 0 Å². The first-order valence-corrected chi connectivity index (χ1v) is 6.66. The first-order chi connectivity index (χ1) is 9.28. The lowest BCUT2D eigenvalue weighted by Crippen LogP contribution is -2.10. The fourth-order valence-corrected chi connectivity index (χ4v) is 2.34. The highest BCUT2D eigenvalue weighted by Gasteiger charge is 2.10. The Morgan fingerprint density at radius 1 is 1.32 bits per heavy atom. The first kappa shape index (κ1) is 12.2. The zero-order valence-electron chi connectivity index (χ0n) is 10.6. The van der Waals surface area contributed by atoms with Crippen LogP contribution in [-0.4, -0.2) is 24.3 Å². The number of halogens is 1. The van der Waals surface area contributed by atoms with Gasteiger partial charge in [-0.05, 0) is 24.6 Å². The van der Waals surface area contributed by atoms with E-state index in [0.29, 0.717) is 5.88 Å². The molecule has 0 spiro atoms. The molecule has 0 radical (unpaired) electrons. The van der Waals surface area contributed by atoms with E-state index in [1.165, 1.54) is 0 Å². The fraction of sp³-hybridized carbons (Fsp3) is 0.308. The highest BCUT2D eigenvalue weighted by molar-refractivity contribution is 6.16. The highest BCUT2D eigenvalue weighted by Crippen LogP contribution is 2.15. The Morgan fingerprint density at radius 2 is 2.21 bits per heavy atom. The molecule has 3 aromatic heterocycles. The van der Waals surface area contributed by atoms with Gasteiger partial charge in [-0.25, -0.2) is 9.97 Å². The molecule has 5 nitrogen and oxygen atoms in total. The molecule has 0 bridgehead atoms. The van der Waals surface area contributed by atoms with Gasteiger partial charge in [-0.2, -0.15) is 5.10 Å². The van der Waals surface area contributed by atoms with Crippen molar-refractivity contribution < 1.29 is 0 Å². The van der Waals surface area contributed by atoms with Gasteiger partial charge in [0.2, 0.25) is 0 Å². The third kappa shape index (κ3) is 2.33. The number of pyridine rings is 1. The van der Waals surface area contributed by atoms with E-state index in [4.69, 9.17) is 11.6 Å². The van der Waals surface area contributed by atoms with E-state index in [2.05, 4.69) is 19.6 Å². The van der Waals surface area contributed by atoms with Crippen LogP contribution in [0.25, 0.3) is 11.2 Å². The minimum absolute atomic E-state index is 0.383. The SMILES string of the molecule is Cc1cnn(CCn2c(CCl)nc3cccnc32)c1. The summed E-state index contributed by atoms with van der Waals surface area (Å²) in [5, 5.41) is 4.28. The number of imidazole rings is 1. The second-order valence-corrected chi connectivity index (χ2v) is 4.71. The van der Waals surface area contributed by atoms with E-state index < -0.39 is 0 Å². The third-order valence-electron chi connectivity index (χ3n) is 3.02. The lowest BCUT2D eigenvalue weighted by Gasteiger charge is -2.07. The van der Waals surface area contributed by atoms with Crippen LogP contribution in [-0.2, 0) is 19.0 Å². The van der Waals surface area contributed by atoms with Crippen LogP contribution in [0.3, 0.4) is 0 Å². The van der Waals surface area contributed by atoms with Crippen molar-refractivity contribution in [3.8, 4) is 0 Å².